The predicted molar refractivity (Wildman–Crippen MR) is 109 cm³/mol. The van der Waals surface area contributed by atoms with Crippen molar-refractivity contribution in [2.45, 2.75) is 34.1 Å². The first kappa shape index (κ1) is 18.6. The molecule has 1 heterocycles. The number of rotatable bonds is 3. The molecule has 0 radical (unpaired) electrons. The molecule has 136 valence electrons. The Balaban J connectivity index is 1.76. The third kappa shape index (κ3) is 3.54. The van der Waals surface area contributed by atoms with Crippen molar-refractivity contribution in [1.82, 2.24) is 0 Å². The lowest BCUT2D eigenvalue weighted by Gasteiger charge is -2.20. The maximum atomic E-state index is 12.7. The molecule has 1 aliphatic heterocycles. The fraction of sp³-hybridized carbons (Fsp3) is 0.333. The first-order chi connectivity index (χ1) is 12.3. The van der Waals surface area contributed by atoms with E-state index >= 15 is 0 Å². The molecule has 0 aromatic heterocycles. The molecule has 26 heavy (non-hydrogen) atoms. The molecule has 1 N–H and O–H groups in total. The quantitative estimate of drug-likeness (QED) is 0.792. The van der Waals surface area contributed by atoms with Gasteiger partial charge in [0.1, 0.15) is 0 Å². The number of aryl methyl sites for hydroxylation is 3. The summed E-state index contributed by atoms with van der Waals surface area (Å²) in [5.41, 5.74) is 6.04. The molecular weight excluding hydrogens is 392 g/mol. The summed E-state index contributed by atoms with van der Waals surface area (Å²) in [5.74, 6) is -0.444. The number of anilines is 2. The number of hydrogen-bond acceptors (Lipinski definition) is 2. The van der Waals surface area contributed by atoms with E-state index in [1.165, 1.54) is 0 Å². The molecular formula is C21H23BrN2O2. The molecule has 1 fully saturated rings. The molecule has 5 heteroatoms. The van der Waals surface area contributed by atoms with Gasteiger partial charge >= 0.3 is 0 Å². The molecule has 2 aromatic carbocycles. The lowest BCUT2D eigenvalue weighted by atomic mass is 10.1. The lowest BCUT2D eigenvalue weighted by molar-refractivity contribution is -0.122. The zero-order valence-corrected chi connectivity index (χ0v) is 17.1. The van der Waals surface area contributed by atoms with Gasteiger partial charge < -0.3 is 10.2 Å². The molecule has 2 aromatic rings. The van der Waals surface area contributed by atoms with Gasteiger partial charge in [-0.3, -0.25) is 9.59 Å². The second-order valence-electron chi connectivity index (χ2n) is 7.04. The number of amides is 2. The van der Waals surface area contributed by atoms with Crippen LogP contribution in [0.1, 0.15) is 28.7 Å². The number of nitrogens with zero attached hydrogens (tertiary/aromatic N) is 1. The summed E-state index contributed by atoms with van der Waals surface area (Å²) < 4.78 is 1.05. The van der Waals surface area contributed by atoms with Gasteiger partial charge in [-0.1, -0.05) is 28.1 Å². The van der Waals surface area contributed by atoms with Crippen molar-refractivity contribution in [2.75, 3.05) is 16.8 Å². The Morgan fingerprint density at radius 3 is 2.42 bits per heavy atom. The molecule has 4 nitrogen and oxygen atoms in total. The van der Waals surface area contributed by atoms with E-state index in [1.807, 2.05) is 58.0 Å². The molecule has 1 saturated heterocycles. The third-order valence-electron chi connectivity index (χ3n) is 5.07. The number of carbonyl (C=O) groups is 2. The van der Waals surface area contributed by atoms with Crippen molar-refractivity contribution in [2.24, 2.45) is 5.92 Å². The van der Waals surface area contributed by atoms with Crippen LogP contribution >= 0.6 is 15.9 Å². The van der Waals surface area contributed by atoms with Crippen LogP contribution in [0.5, 0.6) is 0 Å². The van der Waals surface area contributed by atoms with Crippen LogP contribution in [0.25, 0.3) is 0 Å². The Morgan fingerprint density at radius 1 is 1.12 bits per heavy atom. The third-order valence-corrected chi connectivity index (χ3v) is 6.32. The van der Waals surface area contributed by atoms with Crippen molar-refractivity contribution in [3.05, 3.63) is 57.1 Å². The van der Waals surface area contributed by atoms with Gasteiger partial charge in [0.15, 0.2) is 0 Å². The van der Waals surface area contributed by atoms with Crippen LogP contribution in [-0.2, 0) is 9.59 Å². The number of hydrogen-bond donors (Lipinski definition) is 1. The van der Waals surface area contributed by atoms with Gasteiger partial charge in [-0.25, -0.2) is 0 Å². The summed E-state index contributed by atoms with van der Waals surface area (Å²) >= 11 is 3.54. The van der Waals surface area contributed by atoms with E-state index in [2.05, 4.69) is 21.2 Å². The predicted octanol–water partition coefficient (Wildman–Crippen LogP) is 4.67. The maximum absolute atomic E-state index is 12.7. The second-order valence-corrected chi connectivity index (χ2v) is 7.83. The van der Waals surface area contributed by atoms with Crippen LogP contribution < -0.4 is 10.2 Å². The minimum atomic E-state index is -0.341. The first-order valence-corrected chi connectivity index (χ1v) is 9.51. The van der Waals surface area contributed by atoms with Gasteiger partial charge in [0.2, 0.25) is 11.8 Å². The van der Waals surface area contributed by atoms with Crippen molar-refractivity contribution in [3.8, 4) is 0 Å². The summed E-state index contributed by atoms with van der Waals surface area (Å²) in [5, 5.41) is 2.97. The van der Waals surface area contributed by atoms with Gasteiger partial charge in [-0.05, 0) is 68.1 Å². The summed E-state index contributed by atoms with van der Waals surface area (Å²) in [4.78, 5) is 26.9. The van der Waals surface area contributed by atoms with Gasteiger partial charge in [0.25, 0.3) is 0 Å². The van der Waals surface area contributed by atoms with E-state index in [-0.39, 0.29) is 24.2 Å². The normalized spacial score (nSPS) is 16.9. The Morgan fingerprint density at radius 2 is 1.77 bits per heavy atom. The van der Waals surface area contributed by atoms with Crippen LogP contribution in [0.3, 0.4) is 0 Å². The van der Waals surface area contributed by atoms with Crippen LogP contribution in [0, 0.1) is 33.6 Å². The van der Waals surface area contributed by atoms with E-state index in [0.29, 0.717) is 6.54 Å². The number of halogens is 1. The highest BCUT2D eigenvalue weighted by molar-refractivity contribution is 9.10. The fourth-order valence-electron chi connectivity index (χ4n) is 3.41. The van der Waals surface area contributed by atoms with Gasteiger partial charge in [0, 0.05) is 28.8 Å². The highest BCUT2D eigenvalue weighted by Crippen LogP contribution is 2.30. The highest BCUT2D eigenvalue weighted by Gasteiger charge is 2.35. The largest absolute Gasteiger partial charge is 0.326 e. The zero-order chi connectivity index (χ0) is 19.0. The van der Waals surface area contributed by atoms with E-state index < -0.39 is 0 Å². The van der Waals surface area contributed by atoms with E-state index in [4.69, 9.17) is 0 Å². The molecule has 0 saturated carbocycles. The van der Waals surface area contributed by atoms with Crippen LogP contribution in [-0.4, -0.2) is 18.4 Å². The molecule has 0 bridgehead atoms. The van der Waals surface area contributed by atoms with Crippen LogP contribution in [0.15, 0.2) is 34.8 Å². The Labute approximate surface area is 162 Å². The van der Waals surface area contributed by atoms with Crippen molar-refractivity contribution in [3.63, 3.8) is 0 Å². The summed E-state index contributed by atoms with van der Waals surface area (Å²) in [6.07, 6.45) is 0.244. The van der Waals surface area contributed by atoms with Crippen LogP contribution in [0.2, 0.25) is 0 Å². The lowest BCUT2D eigenvalue weighted by Crippen LogP contribution is -2.28. The Hall–Kier alpha value is -2.14. The molecule has 0 spiro atoms. The number of nitrogens with one attached hydrogen (secondary N) is 1. The average Bonchev–Trinajstić information content (AvgIpc) is 2.97. The highest BCUT2D eigenvalue weighted by atomic mass is 79.9. The Bertz CT molecular complexity index is 869. The van der Waals surface area contributed by atoms with Crippen molar-refractivity contribution in [1.29, 1.82) is 0 Å². The molecule has 2 amide bonds. The topological polar surface area (TPSA) is 49.4 Å². The minimum absolute atomic E-state index is 0.00187. The summed E-state index contributed by atoms with van der Waals surface area (Å²) in [6.45, 7) is 8.45. The number of benzene rings is 2. The monoisotopic (exact) mass is 414 g/mol. The maximum Gasteiger partial charge on any atom is 0.229 e. The second kappa shape index (κ2) is 7.23. The smallest absolute Gasteiger partial charge is 0.229 e. The van der Waals surface area contributed by atoms with Crippen molar-refractivity contribution < 1.29 is 9.59 Å². The fourth-order valence-corrected chi connectivity index (χ4v) is 3.64. The average molecular weight is 415 g/mol. The number of carbonyl (C=O) groups excluding carboxylic acids is 2. The minimum Gasteiger partial charge on any atom is -0.326 e. The summed E-state index contributed by atoms with van der Waals surface area (Å²) in [6, 6.07) is 9.80. The summed E-state index contributed by atoms with van der Waals surface area (Å²) in [7, 11) is 0. The van der Waals surface area contributed by atoms with Gasteiger partial charge in [-0.2, -0.15) is 0 Å². The SMILES string of the molecule is Cc1cccc(N2C[C@@H](C(=O)Nc3cc(C)c(Br)c(C)c3)CC2=O)c1C. The molecule has 0 aliphatic carbocycles. The molecule has 3 rings (SSSR count). The first-order valence-electron chi connectivity index (χ1n) is 8.72. The molecule has 1 aliphatic rings. The van der Waals surface area contributed by atoms with Gasteiger partial charge in [-0.15, -0.1) is 0 Å². The van der Waals surface area contributed by atoms with E-state index in [0.717, 1.165) is 38.1 Å². The molecule has 1 atom stereocenters. The van der Waals surface area contributed by atoms with E-state index in [1.54, 1.807) is 4.90 Å². The molecule has 0 unspecified atom stereocenters. The van der Waals surface area contributed by atoms with Crippen LogP contribution in [0.4, 0.5) is 11.4 Å². The Kier molecular flexibility index (Phi) is 5.19. The van der Waals surface area contributed by atoms with Crippen molar-refractivity contribution >= 4 is 39.1 Å². The standard InChI is InChI=1S/C21H23BrN2O2/c1-12-6-5-7-18(15(12)4)24-11-16(10-19(24)25)21(26)23-17-8-13(2)20(22)14(3)9-17/h5-9,16H,10-11H2,1-4H3,(H,23,26)/t16-/m0/s1. The van der Waals surface area contributed by atoms with E-state index in [9.17, 15) is 9.59 Å². The zero-order valence-electron chi connectivity index (χ0n) is 15.5. The van der Waals surface area contributed by atoms with Gasteiger partial charge in [0.05, 0.1) is 5.92 Å².